The Labute approximate surface area is 165 Å². The molecule has 2 amide bonds. The average Bonchev–Trinajstić information content (AvgIpc) is 3.29. The third-order valence-corrected chi connectivity index (χ3v) is 5.13. The van der Waals surface area contributed by atoms with Crippen molar-refractivity contribution in [2.24, 2.45) is 0 Å². The number of nitrogens with zero attached hydrogens (tertiary/aromatic N) is 2. The zero-order valence-corrected chi connectivity index (χ0v) is 16.0. The second-order valence-corrected chi connectivity index (χ2v) is 7.22. The Morgan fingerprint density at radius 2 is 1.89 bits per heavy atom. The molecule has 2 N–H and O–H groups in total. The molecule has 2 aromatic carbocycles. The largest absolute Gasteiger partial charge is 0.343 e. The normalized spacial score (nSPS) is 10.8. The van der Waals surface area contributed by atoms with Crippen molar-refractivity contribution in [2.45, 2.75) is 6.92 Å². The van der Waals surface area contributed by atoms with Gasteiger partial charge in [-0.1, -0.05) is 30.3 Å². The van der Waals surface area contributed by atoms with Crippen LogP contribution >= 0.6 is 11.3 Å². The van der Waals surface area contributed by atoms with Gasteiger partial charge in [-0.05, 0) is 30.7 Å². The van der Waals surface area contributed by atoms with E-state index in [4.69, 9.17) is 0 Å². The van der Waals surface area contributed by atoms with Crippen LogP contribution in [-0.2, 0) is 4.79 Å². The van der Waals surface area contributed by atoms with Crippen molar-refractivity contribution in [3.05, 3.63) is 77.4 Å². The number of aromatic nitrogens is 2. The lowest BCUT2D eigenvalue weighted by Gasteiger charge is -2.09. The van der Waals surface area contributed by atoms with Gasteiger partial charge in [-0.2, -0.15) is 0 Å². The Morgan fingerprint density at radius 3 is 2.64 bits per heavy atom. The third kappa shape index (κ3) is 3.79. The van der Waals surface area contributed by atoms with Gasteiger partial charge >= 0.3 is 0 Å². The molecule has 2 heterocycles. The highest BCUT2D eigenvalue weighted by molar-refractivity contribution is 7.15. The van der Waals surface area contributed by atoms with Crippen LogP contribution in [0.3, 0.4) is 0 Å². The molecule has 0 bridgehead atoms. The Kier molecular flexibility index (Phi) is 4.90. The molecular formula is C21H18N4O2S. The molecule has 0 unspecified atom stereocenters. The van der Waals surface area contributed by atoms with Crippen molar-refractivity contribution in [2.75, 3.05) is 11.9 Å². The highest BCUT2D eigenvalue weighted by atomic mass is 32.1. The van der Waals surface area contributed by atoms with E-state index in [0.29, 0.717) is 11.3 Å². The summed E-state index contributed by atoms with van der Waals surface area (Å²) < 4.78 is 1.98. The number of imidazole rings is 1. The first-order valence-electron chi connectivity index (χ1n) is 8.76. The third-order valence-electron chi connectivity index (χ3n) is 4.36. The summed E-state index contributed by atoms with van der Waals surface area (Å²) in [6.07, 6.45) is 3.94. The number of amides is 2. The summed E-state index contributed by atoms with van der Waals surface area (Å²) in [6, 6.07) is 14.7. The molecular weight excluding hydrogens is 372 g/mol. The van der Waals surface area contributed by atoms with Crippen LogP contribution in [0.4, 0.5) is 5.69 Å². The smallest absolute Gasteiger partial charge is 0.251 e. The van der Waals surface area contributed by atoms with Crippen LogP contribution in [-0.4, -0.2) is 27.7 Å². The molecule has 0 aliphatic rings. The van der Waals surface area contributed by atoms with Gasteiger partial charge < -0.3 is 10.6 Å². The highest BCUT2D eigenvalue weighted by Crippen LogP contribution is 2.23. The minimum Gasteiger partial charge on any atom is -0.343 e. The number of hydrogen-bond donors (Lipinski definition) is 2. The van der Waals surface area contributed by atoms with E-state index in [1.54, 1.807) is 23.5 Å². The molecule has 2 aromatic heterocycles. The van der Waals surface area contributed by atoms with Crippen LogP contribution < -0.4 is 10.6 Å². The van der Waals surface area contributed by atoms with Gasteiger partial charge in [0.05, 0.1) is 12.2 Å². The minimum atomic E-state index is -0.280. The lowest BCUT2D eigenvalue weighted by Crippen LogP contribution is -2.33. The Bertz CT molecular complexity index is 1120. The van der Waals surface area contributed by atoms with Crippen LogP contribution in [0.1, 0.15) is 15.9 Å². The Hall–Kier alpha value is -3.45. The van der Waals surface area contributed by atoms with E-state index >= 15 is 0 Å². The molecule has 0 fully saturated rings. The number of aryl methyl sites for hydroxylation is 1. The second-order valence-electron chi connectivity index (χ2n) is 6.34. The number of thiazole rings is 1. The van der Waals surface area contributed by atoms with E-state index in [9.17, 15) is 9.59 Å². The number of fused-ring (bicyclic) bond motifs is 1. The first kappa shape index (κ1) is 17.9. The average molecular weight is 390 g/mol. The molecule has 0 aliphatic heterocycles. The van der Waals surface area contributed by atoms with Gasteiger partial charge in [-0.15, -0.1) is 11.3 Å². The maximum absolute atomic E-state index is 12.2. The van der Waals surface area contributed by atoms with Gasteiger partial charge in [-0.3, -0.25) is 14.0 Å². The molecule has 0 spiro atoms. The summed E-state index contributed by atoms with van der Waals surface area (Å²) in [5.41, 5.74) is 3.96. The standard InChI is InChI=1S/C21H18N4O2S/c1-14-4-2-3-5-17(14)20(27)22-12-19(26)23-16-8-6-15(7-9-16)18-13-25-10-11-28-21(25)24-18/h2-11,13H,12H2,1H3,(H,22,27)(H,23,26). The van der Waals surface area contributed by atoms with Crippen LogP contribution in [0.15, 0.2) is 66.3 Å². The van der Waals surface area contributed by atoms with E-state index in [1.165, 1.54) is 0 Å². The summed E-state index contributed by atoms with van der Waals surface area (Å²) in [5.74, 6) is -0.541. The molecule has 28 heavy (non-hydrogen) atoms. The number of carbonyl (C=O) groups is 2. The zero-order chi connectivity index (χ0) is 19.5. The fourth-order valence-electron chi connectivity index (χ4n) is 2.88. The molecule has 0 saturated heterocycles. The molecule has 7 heteroatoms. The first-order valence-corrected chi connectivity index (χ1v) is 9.64. The topological polar surface area (TPSA) is 75.5 Å². The number of benzene rings is 2. The second kappa shape index (κ2) is 7.66. The van der Waals surface area contributed by atoms with Crippen molar-refractivity contribution in [1.82, 2.24) is 14.7 Å². The summed E-state index contributed by atoms with van der Waals surface area (Å²) in [4.78, 5) is 29.8. The lowest BCUT2D eigenvalue weighted by atomic mass is 10.1. The predicted molar refractivity (Wildman–Crippen MR) is 111 cm³/mol. The van der Waals surface area contributed by atoms with Crippen molar-refractivity contribution in [1.29, 1.82) is 0 Å². The molecule has 0 aliphatic carbocycles. The SMILES string of the molecule is Cc1ccccc1C(=O)NCC(=O)Nc1ccc(-c2cn3ccsc3n2)cc1. The fraction of sp³-hybridized carbons (Fsp3) is 0.0952. The maximum Gasteiger partial charge on any atom is 0.251 e. The van der Waals surface area contributed by atoms with Gasteiger partial charge in [-0.25, -0.2) is 4.98 Å². The minimum absolute atomic E-state index is 0.0910. The number of hydrogen-bond acceptors (Lipinski definition) is 4. The molecule has 0 radical (unpaired) electrons. The first-order chi connectivity index (χ1) is 13.6. The van der Waals surface area contributed by atoms with Crippen LogP contribution in [0, 0.1) is 6.92 Å². The lowest BCUT2D eigenvalue weighted by molar-refractivity contribution is -0.115. The summed E-state index contributed by atoms with van der Waals surface area (Å²) in [5, 5.41) is 7.42. The fourth-order valence-corrected chi connectivity index (χ4v) is 3.58. The summed E-state index contributed by atoms with van der Waals surface area (Å²) in [7, 11) is 0. The van der Waals surface area contributed by atoms with E-state index in [0.717, 1.165) is 21.8 Å². The Morgan fingerprint density at radius 1 is 1.11 bits per heavy atom. The zero-order valence-electron chi connectivity index (χ0n) is 15.2. The van der Waals surface area contributed by atoms with Crippen molar-refractivity contribution < 1.29 is 9.59 Å². The van der Waals surface area contributed by atoms with Gasteiger partial charge in [0.15, 0.2) is 4.96 Å². The number of anilines is 1. The quantitative estimate of drug-likeness (QED) is 0.545. The van der Waals surface area contributed by atoms with E-state index < -0.39 is 0 Å². The van der Waals surface area contributed by atoms with Gasteiger partial charge in [0.25, 0.3) is 5.91 Å². The van der Waals surface area contributed by atoms with Gasteiger partial charge in [0, 0.05) is 34.6 Å². The van der Waals surface area contributed by atoms with Crippen molar-refractivity contribution in [3.63, 3.8) is 0 Å². The summed E-state index contributed by atoms with van der Waals surface area (Å²) in [6.45, 7) is 1.77. The number of nitrogens with one attached hydrogen (secondary N) is 2. The van der Waals surface area contributed by atoms with Crippen LogP contribution in [0.25, 0.3) is 16.2 Å². The monoisotopic (exact) mass is 390 g/mol. The molecule has 0 atom stereocenters. The van der Waals surface area contributed by atoms with Crippen LogP contribution in [0.2, 0.25) is 0 Å². The van der Waals surface area contributed by atoms with Gasteiger partial charge in [0.2, 0.25) is 5.91 Å². The van der Waals surface area contributed by atoms with E-state index in [1.807, 2.05) is 65.5 Å². The van der Waals surface area contributed by atoms with Crippen LogP contribution in [0.5, 0.6) is 0 Å². The number of carbonyl (C=O) groups excluding carboxylic acids is 2. The van der Waals surface area contributed by atoms with E-state index in [-0.39, 0.29) is 18.4 Å². The molecule has 4 aromatic rings. The molecule has 140 valence electrons. The molecule has 4 rings (SSSR count). The predicted octanol–water partition coefficient (Wildman–Crippen LogP) is 3.74. The Balaban J connectivity index is 1.35. The molecule has 0 saturated carbocycles. The maximum atomic E-state index is 12.2. The highest BCUT2D eigenvalue weighted by Gasteiger charge is 2.10. The number of rotatable bonds is 5. The molecule has 6 nitrogen and oxygen atoms in total. The van der Waals surface area contributed by atoms with Crippen molar-refractivity contribution in [3.8, 4) is 11.3 Å². The van der Waals surface area contributed by atoms with Crippen molar-refractivity contribution >= 4 is 33.8 Å². The summed E-state index contributed by atoms with van der Waals surface area (Å²) >= 11 is 1.58. The van der Waals surface area contributed by atoms with E-state index in [2.05, 4.69) is 15.6 Å². The van der Waals surface area contributed by atoms with Gasteiger partial charge in [0.1, 0.15) is 0 Å².